The van der Waals surface area contributed by atoms with Crippen LogP contribution in [-0.2, 0) is 4.74 Å². The van der Waals surface area contributed by atoms with Crippen LogP contribution in [0.4, 0.5) is 19.0 Å². The summed E-state index contributed by atoms with van der Waals surface area (Å²) < 4.78 is 46.5. The lowest BCUT2D eigenvalue weighted by Gasteiger charge is -2.08. The molecular formula is C17H12F3N3O3. The van der Waals surface area contributed by atoms with Crippen molar-refractivity contribution in [1.29, 1.82) is 0 Å². The summed E-state index contributed by atoms with van der Waals surface area (Å²) in [7, 11) is 0. The Morgan fingerprint density at radius 3 is 2.65 bits per heavy atom. The summed E-state index contributed by atoms with van der Waals surface area (Å²) in [4.78, 5) is 28.5. The number of anilines is 1. The number of halogens is 3. The fraction of sp³-hybridized carbons (Fsp3) is 0.118. The fourth-order valence-corrected chi connectivity index (χ4v) is 2.33. The van der Waals surface area contributed by atoms with Gasteiger partial charge in [0.05, 0.1) is 12.2 Å². The molecule has 0 aliphatic heterocycles. The Bertz CT molecular complexity index is 1020. The number of carbonyl (C=O) groups excluding carboxylic acids is 2. The summed E-state index contributed by atoms with van der Waals surface area (Å²) in [5.74, 6) is -6.75. The minimum atomic E-state index is -1.76. The van der Waals surface area contributed by atoms with Crippen molar-refractivity contribution >= 4 is 23.3 Å². The number of fused-ring (bicyclic) bond motifs is 1. The average molecular weight is 363 g/mol. The molecule has 0 radical (unpaired) electrons. The number of hydrogen-bond acceptors (Lipinski definition) is 4. The highest BCUT2D eigenvalue weighted by atomic mass is 19.2. The lowest BCUT2D eigenvalue weighted by molar-refractivity contribution is 0.0521. The van der Waals surface area contributed by atoms with E-state index in [0.717, 1.165) is 6.07 Å². The number of rotatable bonds is 4. The summed E-state index contributed by atoms with van der Waals surface area (Å²) in [5.41, 5.74) is -0.587. The maximum absolute atomic E-state index is 13.8. The number of ether oxygens (including phenoxy) is 1. The van der Waals surface area contributed by atoms with Gasteiger partial charge in [0.15, 0.2) is 29.0 Å². The largest absolute Gasteiger partial charge is 0.461 e. The molecule has 0 spiro atoms. The zero-order valence-electron chi connectivity index (χ0n) is 13.4. The third kappa shape index (κ3) is 2.99. The number of imidazole rings is 1. The summed E-state index contributed by atoms with van der Waals surface area (Å²) in [6, 6.07) is 6.30. The lowest BCUT2D eigenvalue weighted by Crippen LogP contribution is -2.19. The van der Waals surface area contributed by atoms with E-state index in [-0.39, 0.29) is 18.1 Å². The van der Waals surface area contributed by atoms with E-state index in [1.165, 1.54) is 10.6 Å². The van der Waals surface area contributed by atoms with Gasteiger partial charge in [0.25, 0.3) is 5.91 Å². The number of pyridine rings is 1. The summed E-state index contributed by atoms with van der Waals surface area (Å²) in [5, 5.41) is 2.31. The number of carbonyl (C=O) groups is 2. The highest BCUT2D eigenvalue weighted by molar-refractivity contribution is 6.07. The van der Waals surface area contributed by atoms with Gasteiger partial charge in [0.1, 0.15) is 5.65 Å². The number of amides is 1. The standard InChI is InChI=1S/C17H12F3N3O3/c1-2-26-17(25)14-15(23-8-4-3-5-11(23)21-14)22-16(24)9-6-7-10(18)13(20)12(9)19/h3-8H,2H2,1H3,(H,22,24). The van der Waals surface area contributed by atoms with Crippen LogP contribution in [-0.4, -0.2) is 27.9 Å². The van der Waals surface area contributed by atoms with Crippen molar-refractivity contribution < 1.29 is 27.5 Å². The average Bonchev–Trinajstić information content (AvgIpc) is 2.99. The first-order valence-electron chi connectivity index (χ1n) is 7.53. The number of benzene rings is 1. The molecule has 134 valence electrons. The molecule has 0 aliphatic carbocycles. The minimum absolute atomic E-state index is 0.0758. The Labute approximate surface area is 145 Å². The molecule has 0 fully saturated rings. The summed E-state index contributed by atoms with van der Waals surface area (Å²) in [6.07, 6.45) is 1.52. The predicted octanol–water partition coefficient (Wildman–Crippen LogP) is 3.18. The van der Waals surface area contributed by atoms with Crippen molar-refractivity contribution in [2.75, 3.05) is 11.9 Å². The molecule has 0 unspecified atom stereocenters. The maximum atomic E-state index is 13.8. The van der Waals surface area contributed by atoms with E-state index in [2.05, 4.69) is 10.3 Å². The van der Waals surface area contributed by atoms with Gasteiger partial charge in [0, 0.05) is 6.20 Å². The molecular weight excluding hydrogens is 351 g/mol. The molecule has 1 N–H and O–H groups in total. The van der Waals surface area contributed by atoms with Gasteiger partial charge in [-0.2, -0.15) is 0 Å². The molecule has 0 saturated heterocycles. The van der Waals surface area contributed by atoms with Gasteiger partial charge in [-0.05, 0) is 31.2 Å². The zero-order chi connectivity index (χ0) is 18.8. The highest BCUT2D eigenvalue weighted by Gasteiger charge is 2.24. The molecule has 0 aliphatic rings. The fourth-order valence-electron chi connectivity index (χ4n) is 2.33. The van der Waals surface area contributed by atoms with E-state index in [4.69, 9.17) is 4.74 Å². The number of nitrogens with zero attached hydrogens (tertiary/aromatic N) is 2. The predicted molar refractivity (Wildman–Crippen MR) is 85.4 cm³/mol. The summed E-state index contributed by atoms with van der Waals surface area (Å²) in [6.45, 7) is 1.68. The van der Waals surface area contributed by atoms with E-state index in [9.17, 15) is 22.8 Å². The van der Waals surface area contributed by atoms with Crippen molar-refractivity contribution in [2.24, 2.45) is 0 Å². The van der Waals surface area contributed by atoms with Crippen LogP contribution in [0.1, 0.15) is 27.8 Å². The lowest BCUT2D eigenvalue weighted by atomic mass is 10.2. The Morgan fingerprint density at radius 2 is 1.92 bits per heavy atom. The number of aromatic nitrogens is 2. The van der Waals surface area contributed by atoms with Gasteiger partial charge in [-0.3, -0.25) is 9.20 Å². The molecule has 0 saturated carbocycles. The summed E-state index contributed by atoms with van der Waals surface area (Å²) >= 11 is 0. The van der Waals surface area contributed by atoms with E-state index >= 15 is 0 Å². The van der Waals surface area contributed by atoms with Crippen LogP contribution < -0.4 is 5.32 Å². The second-order valence-corrected chi connectivity index (χ2v) is 5.14. The molecule has 3 aromatic rings. The molecule has 0 bridgehead atoms. The van der Waals surface area contributed by atoms with Gasteiger partial charge in [-0.15, -0.1) is 0 Å². The van der Waals surface area contributed by atoms with E-state index in [1.807, 2.05) is 0 Å². The van der Waals surface area contributed by atoms with Gasteiger partial charge >= 0.3 is 5.97 Å². The third-order valence-electron chi connectivity index (χ3n) is 3.51. The third-order valence-corrected chi connectivity index (χ3v) is 3.51. The minimum Gasteiger partial charge on any atom is -0.461 e. The van der Waals surface area contributed by atoms with E-state index < -0.39 is 34.9 Å². The molecule has 1 amide bonds. The topological polar surface area (TPSA) is 72.7 Å². The molecule has 3 rings (SSSR count). The SMILES string of the molecule is CCOC(=O)c1nc2ccccn2c1NC(=O)c1ccc(F)c(F)c1F. The second-order valence-electron chi connectivity index (χ2n) is 5.14. The smallest absolute Gasteiger partial charge is 0.360 e. The molecule has 2 aromatic heterocycles. The van der Waals surface area contributed by atoms with Gasteiger partial charge in [0.2, 0.25) is 0 Å². The van der Waals surface area contributed by atoms with E-state index in [0.29, 0.717) is 11.7 Å². The van der Waals surface area contributed by atoms with Crippen LogP contribution in [0.15, 0.2) is 36.5 Å². The van der Waals surface area contributed by atoms with Crippen LogP contribution in [0.2, 0.25) is 0 Å². The second kappa shape index (κ2) is 6.87. The molecule has 26 heavy (non-hydrogen) atoms. The van der Waals surface area contributed by atoms with Crippen LogP contribution >= 0.6 is 0 Å². The molecule has 1 aromatic carbocycles. The highest BCUT2D eigenvalue weighted by Crippen LogP contribution is 2.22. The van der Waals surface area contributed by atoms with Crippen molar-refractivity contribution in [3.05, 3.63) is 65.2 Å². The zero-order valence-corrected chi connectivity index (χ0v) is 13.4. The van der Waals surface area contributed by atoms with Gasteiger partial charge in [-0.25, -0.2) is 22.9 Å². The number of nitrogens with one attached hydrogen (secondary N) is 1. The van der Waals surface area contributed by atoms with E-state index in [1.54, 1.807) is 25.1 Å². The number of hydrogen-bond donors (Lipinski definition) is 1. The van der Waals surface area contributed by atoms with Crippen LogP contribution in [0, 0.1) is 17.5 Å². The first-order chi connectivity index (χ1) is 12.4. The first-order valence-corrected chi connectivity index (χ1v) is 7.53. The van der Waals surface area contributed by atoms with Gasteiger partial charge in [-0.1, -0.05) is 6.07 Å². The Hall–Kier alpha value is -3.36. The first kappa shape index (κ1) is 17.5. The molecule has 9 heteroatoms. The monoisotopic (exact) mass is 363 g/mol. The Balaban J connectivity index is 2.05. The molecule has 0 atom stereocenters. The van der Waals surface area contributed by atoms with Crippen LogP contribution in [0.25, 0.3) is 5.65 Å². The van der Waals surface area contributed by atoms with Crippen LogP contribution in [0.3, 0.4) is 0 Å². The van der Waals surface area contributed by atoms with Crippen molar-refractivity contribution in [3.63, 3.8) is 0 Å². The molecule has 6 nitrogen and oxygen atoms in total. The molecule has 2 heterocycles. The van der Waals surface area contributed by atoms with Crippen molar-refractivity contribution in [2.45, 2.75) is 6.92 Å². The van der Waals surface area contributed by atoms with Crippen molar-refractivity contribution in [1.82, 2.24) is 9.38 Å². The van der Waals surface area contributed by atoms with Gasteiger partial charge < -0.3 is 10.1 Å². The quantitative estimate of drug-likeness (QED) is 0.571. The maximum Gasteiger partial charge on any atom is 0.360 e. The van der Waals surface area contributed by atoms with Crippen LogP contribution in [0.5, 0.6) is 0 Å². The Kier molecular flexibility index (Phi) is 4.61. The normalized spacial score (nSPS) is 10.8. The number of esters is 1. The van der Waals surface area contributed by atoms with Crippen molar-refractivity contribution in [3.8, 4) is 0 Å². The Morgan fingerprint density at radius 1 is 1.15 bits per heavy atom.